The third-order valence-electron chi connectivity index (χ3n) is 3.84. The molecule has 2 N–H and O–H groups in total. The Bertz CT molecular complexity index is 1090. The van der Waals surface area contributed by atoms with E-state index in [1.54, 1.807) is 24.3 Å². The largest absolute Gasteiger partial charge is 0.489 e. The van der Waals surface area contributed by atoms with Gasteiger partial charge in [0.25, 0.3) is 5.91 Å². The van der Waals surface area contributed by atoms with Crippen molar-refractivity contribution >= 4 is 22.6 Å². The van der Waals surface area contributed by atoms with Crippen LogP contribution in [0.15, 0.2) is 59.2 Å². The number of nitrogens with one attached hydrogen (secondary N) is 2. The molecule has 0 saturated heterocycles. The highest BCUT2D eigenvalue weighted by molar-refractivity contribution is 6.06. The smallest absolute Gasteiger partial charge is 0.292 e. The summed E-state index contributed by atoms with van der Waals surface area (Å²) in [5.74, 6) is -0.832. The molecule has 2 aromatic carbocycles. The summed E-state index contributed by atoms with van der Waals surface area (Å²) in [6.45, 7) is -0.00781. The van der Waals surface area contributed by atoms with E-state index in [1.807, 2.05) is 0 Å². The monoisotopic (exact) mass is 369 g/mol. The Morgan fingerprint density at radius 2 is 1.96 bits per heavy atom. The predicted molar refractivity (Wildman–Crippen MR) is 93.4 cm³/mol. The third-order valence-corrected chi connectivity index (χ3v) is 3.84. The van der Waals surface area contributed by atoms with Crippen LogP contribution in [-0.2, 0) is 6.61 Å². The van der Waals surface area contributed by atoms with Crippen molar-refractivity contribution in [3.8, 4) is 5.75 Å². The maximum absolute atomic E-state index is 13.3. The highest BCUT2D eigenvalue weighted by atomic mass is 19.1. The highest BCUT2D eigenvalue weighted by Gasteiger charge is 2.14. The zero-order chi connectivity index (χ0) is 18.8. The number of aromatic amines is 1. The number of nitrogens with zero attached hydrogens (tertiary/aromatic N) is 1. The average molecular weight is 369 g/mol. The van der Waals surface area contributed by atoms with Gasteiger partial charge in [-0.3, -0.25) is 9.89 Å². The number of benzene rings is 2. The minimum Gasteiger partial charge on any atom is -0.489 e. The van der Waals surface area contributed by atoms with Gasteiger partial charge in [-0.25, -0.2) is 8.78 Å². The van der Waals surface area contributed by atoms with Crippen molar-refractivity contribution in [3.05, 3.63) is 77.8 Å². The molecule has 0 aliphatic carbocycles. The van der Waals surface area contributed by atoms with Gasteiger partial charge in [-0.2, -0.15) is 5.10 Å². The van der Waals surface area contributed by atoms with Crippen LogP contribution in [-0.4, -0.2) is 16.1 Å². The van der Waals surface area contributed by atoms with Crippen molar-refractivity contribution in [1.82, 2.24) is 10.2 Å². The first-order chi connectivity index (χ1) is 13.1. The summed E-state index contributed by atoms with van der Waals surface area (Å²) in [7, 11) is 0. The summed E-state index contributed by atoms with van der Waals surface area (Å²) in [5, 5.41) is 10.2. The maximum Gasteiger partial charge on any atom is 0.292 e. The number of H-pyrrole nitrogens is 1. The number of hydrogen-bond donors (Lipinski definition) is 2. The van der Waals surface area contributed by atoms with Crippen LogP contribution in [0.25, 0.3) is 10.9 Å². The maximum atomic E-state index is 13.3. The minimum atomic E-state index is -0.665. The van der Waals surface area contributed by atoms with Gasteiger partial charge in [0.2, 0.25) is 0 Å². The van der Waals surface area contributed by atoms with Crippen molar-refractivity contribution < 1.29 is 22.7 Å². The zero-order valence-electron chi connectivity index (χ0n) is 13.8. The molecule has 0 aliphatic rings. The number of fused-ring (bicyclic) bond motifs is 1. The number of rotatable bonds is 5. The number of aromatic nitrogens is 2. The van der Waals surface area contributed by atoms with E-state index in [1.165, 1.54) is 24.5 Å². The summed E-state index contributed by atoms with van der Waals surface area (Å²) in [5.41, 5.74) is 1.06. The summed E-state index contributed by atoms with van der Waals surface area (Å²) in [6, 6.07) is 11.4. The number of carbonyl (C=O) groups excluding carboxylic acids is 1. The Kier molecular flexibility index (Phi) is 4.29. The second-order valence-electron chi connectivity index (χ2n) is 5.78. The molecule has 136 valence electrons. The summed E-state index contributed by atoms with van der Waals surface area (Å²) in [4.78, 5) is 12.1. The first-order valence-electron chi connectivity index (χ1n) is 7.99. The molecule has 0 radical (unpaired) electrons. The molecule has 27 heavy (non-hydrogen) atoms. The van der Waals surface area contributed by atoms with Gasteiger partial charge >= 0.3 is 0 Å². The van der Waals surface area contributed by atoms with E-state index in [0.29, 0.717) is 28.0 Å². The van der Waals surface area contributed by atoms with E-state index in [0.717, 1.165) is 6.07 Å². The van der Waals surface area contributed by atoms with Crippen molar-refractivity contribution in [3.63, 3.8) is 0 Å². The topological polar surface area (TPSA) is 80.2 Å². The lowest BCUT2D eigenvalue weighted by Crippen LogP contribution is -2.11. The second kappa shape index (κ2) is 6.91. The van der Waals surface area contributed by atoms with Crippen molar-refractivity contribution in [2.75, 3.05) is 5.32 Å². The van der Waals surface area contributed by atoms with Gasteiger partial charge < -0.3 is 14.5 Å². The summed E-state index contributed by atoms with van der Waals surface area (Å²) in [6.07, 6.45) is 1.40. The lowest BCUT2D eigenvalue weighted by atomic mass is 10.2. The number of amides is 1. The van der Waals surface area contributed by atoms with Gasteiger partial charge in [-0.15, -0.1) is 0 Å². The zero-order valence-corrected chi connectivity index (χ0v) is 13.8. The summed E-state index contributed by atoms with van der Waals surface area (Å²) >= 11 is 0. The lowest BCUT2D eigenvalue weighted by Gasteiger charge is -2.07. The Labute approximate surface area is 151 Å². The van der Waals surface area contributed by atoms with Gasteiger partial charge in [-0.1, -0.05) is 0 Å². The van der Waals surface area contributed by atoms with Gasteiger partial charge in [0.05, 0.1) is 11.8 Å². The number of halogens is 2. The van der Waals surface area contributed by atoms with Gasteiger partial charge in [-0.05, 0) is 48.0 Å². The molecule has 4 aromatic rings. The van der Waals surface area contributed by atoms with Crippen molar-refractivity contribution in [1.29, 1.82) is 0 Å². The van der Waals surface area contributed by atoms with E-state index < -0.39 is 17.5 Å². The van der Waals surface area contributed by atoms with E-state index in [-0.39, 0.29) is 12.4 Å². The molecule has 0 atom stereocenters. The molecule has 8 heteroatoms. The van der Waals surface area contributed by atoms with Crippen LogP contribution >= 0.6 is 0 Å². The van der Waals surface area contributed by atoms with Crippen LogP contribution in [0.2, 0.25) is 0 Å². The molecule has 2 aromatic heterocycles. The molecule has 0 saturated carbocycles. The molecular formula is C19H13F2N3O3. The van der Waals surface area contributed by atoms with E-state index in [2.05, 4.69) is 15.5 Å². The SMILES string of the molecule is O=C(Nc1n[nH]c2ccc(OCc3cc(F)cc(F)c3)cc12)c1ccco1. The first kappa shape index (κ1) is 16.8. The number of ether oxygens (including phenoxy) is 1. The van der Waals surface area contributed by atoms with Crippen LogP contribution in [0.1, 0.15) is 16.1 Å². The van der Waals surface area contributed by atoms with Crippen LogP contribution in [0.3, 0.4) is 0 Å². The number of carbonyl (C=O) groups is 1. The normalized spacial score (nSPS) is 10.9. The quantitative estimate of drug-likeness (QED) is 0.551. The Morgan fingerprint density at radius 3 is 2.70 bits per heavy atom. The first-order valence-corrected chi connectivity index (χ1v) is 7.99. The van der Waals surface area contributed by atoms with Crippen LogP contribution in [0.5, 0.6) is 5.75 Å². The van der Waals surface area contributed by atoms with Crippen LogP contribution in [0, 0.1) is 11.6 Å². The van der Waals surface area contributed by atoms with Crippen molar-refractivity contribution in [2.45, 2.75) is 6.61 Å². The fourth-order valence-electron chi connectivity index (χ4n) is 2.62. The second-order valence-corrected chi connectivity index (χ2v) is 5.78. The molecule has 0 spiro atoms. The number of anilines is 1. The van der Waals surface area contributed by atoms with Crippen LogP contribution in [0.4, 0.5) is 14.6 Å². The molecule has 6 nitrogen and oxygen atoms in total. The minimum absolute atomic E-state index is 0.00781. The molecule has 0 aliphatic heterocycles. The molecule has 2 heterocycles. The fraction of sp³-hybridized carbons (Fsp3) is 0.0526. The van der Waals surface area contributed by atoms with Gasteiger partial charge in [0, 0.05) is 11.5 Å². The molecule has 1 amide bonds. The fourth-order valence-corrected chi connectivity index (χ4v) is 2.62. The van der Waals surface area contributed by atoms with Gasteiger partial charge in [0.15, 0.2) is 11.6 Å². The van der Waals surface area contributed by atoms with Gasteiger partial charge in [0.1, 0.15) is 24.0 Å². The molecular weight excluding hydrogens is 356 g/mol. The molecule has 4 rings (SSSR count). The molecule has 0 unspecified atom stereocenters. The Balaban J connectivity index is 1.53. The molecule has 0 fully saturated rings. The summed E-state index contributed by atoms with van der Waals surface area (Å²) < 4.78 is 37.2. The predicted octanol–water partition coefficient (Wildman–Crippen LogP) is 4.27. The lowest BCUT2D eigenvalue weighted by molar-refractivity contribution is 0.0996. The Hall–Kier alpha value is -3.68. The Morgan fingerprint density at radius 1 is 1.15 bits per heavy atom. The average Bonchev–Trinajstić information content (AvgIpc) is 3.29. The van der Waals surface area contributed by atoms with E-state index >= 15 is 0 Å². The van der Waals surface area contributed by atoms with E-state index in [9.17, 15) is 13.6 Å². The van der Waals surface area contributed by atoms with Crippen molar-refractivity contribution in [2.24, 2.45) is 0 Å². The third kappa shape index (κ3) is 3.64. The molecule has 0 bridgehead atoms. The number of hydrogen-bond acceptors (Lipinski definition) is 4. The highest BCUT2D eigenvalue weighted by Crippen LogP contribution is 2.26. The van der Waals surface area contributed by atoms with E-state index in [4.69, 9.17) is 9.15 Å². The number of furan rings is 1. The van der Waals surface area contributed by atoms with Crippen LogP contribution < -0.4 is 10.1 Å². The standard InChI is InChI=1S/C19H13F2N3O3/c20-12-6-11(7-13(21)8-12)10-27-14-3-4-16-15(9-14)18(24-23-16)22-19(25)17-2-1-5-26-17/h1-9H,10H2,(H2,22,23,24,25).